The van der Waals surface area contributed by atoms with Gasteiger partial charge in [0.05, 0.1) is 0 Å². The molecule has 1 saturated heterocycles. The average Bonchev–Trinajstić information content (AvgIpc) is 2.74. The molecule has 1 aliphatic heterocycles. The number of aliphatic hydroxyl groups is 1. The molecule has 3 nitrogen and oxygen atoms in total. The number of hydrogen-bond acceptors (Lipinski definition) is 3. The van der Waals surface area contributed by atoms with Gasteiger partial charge < -0.3 is 9.84 Å². The van der Waals surface area contributed by atoms with E-state index in [1.165, 1.54) is 0 Å². The Balaban J connectivity index is 1.93. The standard InChI is InChI=1S/C15H20O3/c1-14(2)8-3-4-9-12(16)18-13(17)10-5-6-11(14)15(9,10)7-8/h4,8,10-11,13,17H,3,5-7H2,1-2H3/t8-,10+,11+,13-,15-/m1/s1. The van der Waals surface area contributed by atoms with Crippen molar-refractivity contribution >= 4 is 5.97 Å². The van der Waals surface area contributed by atoms with Crippen molar-refractivity contribution < 1.29 is 14.6 Å². The number of allylic oxidation sites excluding steroid dienone is 1. The zero-order valence-electron chi connectivity index (χ0n) is 11.0. The molecule has 0 aromatic rings. The molecule has 3 aliphatic carbocycles. The second-order valence-corrected chi connectivity index (χ2v) is 7.15. The minimum atomic E-state index is -0.882. The third kappa shape index (κ3) is 0.965. The molecule has 0 radical (unpaired) electrons. The van der Waals surface area contributed by atoms with Gasteiger partial charge in [-0.3, -0.25) is 0 Å². The summed E-state index contributed by atoms with van der Waals surface area (Å²) in [6.45, 7) is 4.70. The second-order valence-electron chi connectivity index (χ2n) is 7.15. The molecule has 18 heavy (non-hydrogen) atoms. The molecule has 0 amide bonds. The van der Waals surface area contributed by atoms with Crippen LogP contribution in [0.5, 0.6) is 0 Å². The maximum absolute atomic E-state index is 12.1. The summed E-state index contributed by atoms with van der Waals surface area (Å²) in [5.74, 6) is 1.07. The molecule has 0 aromatic heterocycles. The van der Waals surface area contributed by atoms with Crippen LogP contribution in [0.25, 0.3) is 0 Å². The highest BCUT2D eigenvalue weighted by Crippen LogP contribution is 2.73. The van der Waals surface area contributed by atoms with Gasteiger partial charge in [0, 0.05) is 16.9 Å². The van der Waals surface area contributed by atoms with Gasteiger partial charge in [-0.25, -0.2) is 4.79 Å². The lowest BCUT2D eigenvalue weighted by Gasteiger charge is -2.45. The predicted molar refractivity (Wildman–Crippen MR) is 65.3 cm³/mol. The summed E-state index contributed by atoms with van der Waals surface area (Å²) in [5, 5.41) is 10.1. The molecule has 4 aliphatic rings. The van der Waals surface area contributed by atoms with Crippen LogP contribution in [-0.4, -0.2) is 17.4 Å². The van der Waals surface area contributed by atoms with Crippen molar-refractivity contribution in [3.05, 3.63) is 11.6 Å². The van der Waals surface area contributed by atoms with E-state index in [1.807, 2.05) is 0 Å². The number of cyclic esters (lactones) is 1. The lowest BCUT2D eigenvalue weighted by atomic mass is 9.63. The minimum absolute atomic E-state index is 0.0683. The first-order chi connectivity index (χ1) is 8.48. The smallest absolute Gasteiger partial charge is 0.336 e. The van der Waals surface area contributed by atoms with Crippen molar-refractivity contribution in [1.82, 2.24) is 0 Å². The predicted octanol–water partition coefficient (Wildman–Crippen LogP) is 2.25. The van der Waals surface area contributed by atoms with Gasteiger partial charge in [-0.05, 0) is 42.9 Å². The SMILES string of the molecule is CC1(C)[C@@H]2CC=C3C(=O)O[C@@H](O)[C@@H]4CC[C@@H]1[C@]34C2. The molecule has 0 unspecified atom stereocenters. The number of rotatable bonds is 0. The van der Waals surface area contributed by atoms with Crippen LogP contribution in [0.15, 0.2) is 11.6 Å². The fraction of sp³-hybridized carbons (Fsp3) is 0.800. The Kier molecular flexibility index (Phi) is 1.84. The molecule has 5 atom stereocenters. The topological polar surface area (TPSA) is 46.5 Å². The Morgan fingerprint density at radius 2 is 2.17 bits per heavy atom. The van der Waals surface area contributed by atoms with E-state index in [0.29, 0.717) is 11.8 Å². The van der Waals surface area contributed by atoms with Crippen LogP contribution < -0.4 is 0 Å². The summed E-state index contributed by atoms with van der Waals surface area (Å²) < 4.78 is 5.15. The van der Waals surface area contributed by atoms with Crippen LogP contribution in [0, 0.1) is 28.6 Å². The zero-order chi connectivity index (χ0) is 12.7. The maximum Gasteiger partial charge on any atom is 0.336 e. The summed E-state index contributed by atoms with van der Waals surface area (Å²) in [6.07, 6.45) is 5.42. The Morgan fingerprint density at radius 3 is 2.94 bits per heavy atom. The van der Waals surface area contributed by atoms with Crippen molar-refractivity contribution in [3.63, 3.8) is 0 Å². The number of esters is 1. The van der Waals surface area contributed by atoms with Gasteiger partial charge in [0.2, 0.25) is 6.29 Å². The van der Waals surface area contributed by atoms with E-state index in [9.17, 15) is 9.90 Å². The fourth-order valence-corrected chi connectivity index (χ4v) is 5.66. The maximum atomic E-state index is 12.1. The fourth-order valence-electron chi connectivity index (χ4n) is 5.66. The Morgan fingerprint density at radius 1 is 1.39 bits per heavy atom. The largest absolute Gasteiger partial charge is 0.432 e. The Labute approximate surface area is 107 Å². The molecule has 1 N–H and O–H groups in total. The van der Waals surface area contributed by atoms with E-state index >= 15 is 0 Å². The number of carbonyl (C=O) groups is 1. The van der Waals surface area contributed by atoms with Gasteiger partial charge in [0.1, 0.15) is 0 Å². The van der Waals surface area contributed by atoms with E-state index < -0.39 is 6.29 Å². The Bertz CT molecular complexity index is 464. The first kappa shape index (κ1) is 11.0. The third-order valence-electron chi connectivity index (χ3n) is 6.48. The van der Waals surface area contributed by atoms with Gasteiger partial charge in [0.15, 0.2) is 0 Å². The molecule has 98 valence electrons. The molecular formula is C15H20O3. The highest BCUT2D eigenvalue weighted by Gasteiger charge is 2.70. The molecule has 3 heteroatoms. The summed E-state index contributed by atoms with van der Waals surface area (Å²) in [6, 6.07) is 0. The molecule has 2 bridgehead atoms. The van der Waals surface area contributed by atoms with Gasteiger partial charge in [-0.2, -0.15) is 0 Å². The van der Waals surface area contributed by atoms with Gasteiger partial charge in [0.25, 0.3) is 0 Å². The molecule has 2 saturated carbocycles. The van der Waals surface area contributed by atoms with Crippen LogP contribution in [0.4, 0.5) is 0 Å². The summed E-state index contributed by atoms with van der Waals surface area (Å²) in [4.78, 5) is 12.1. The molecule has 3 fully saturated rings. The normalized spacial score (nSPS) is 51.7. The summed E-state index contributed by atoms with van der Waals surface area (Å²) in [7, 11) is 0. The van der Waals surface area contributed by atoms with Crippen molar-refractivity contribution in [1.29, 1.82) is 0 Å². The van der Waals surface area contributed by atoms with E-state index in [2.05, 4.69) is 19.9 Å². The van der Waals surface area contributed by atoms with Crippen LogP contribution in [0.2, 0.25) is 0 Å². The first-order valence-electron chi connectivity index (χ1n) is 7.07. The molecule has 0 aromatic carbocycles. The molecule has 1 heterocycles. The van der Waals surface area contributed by atoms with Crippen LogP contribution >= 0.6 is 0 Å². The van der Waals surface area contributed by atoms with Crippen LogP contribution in [0.3, 0.4) is 0 Å². The number of hydrogen-bond donors (Lipinski definition) is 1. The van der Waals surface area contributed by atoms with Gasteiger partial charge in [-0.15, -0.1) is 0 Å². The third-order valence-corrected chi connectivity index (χ3v) is 6.48. The zero-order valence-corrected chi connectivity index (χ0v) is 11.0. The lowest BCUT2D eigenvalue weighted by molar-refractivity contribution is -0.195. The monoisotopic (exact) mass is 248 g/mol. The second kappa shape index (κ2) is 3.01. The highest BCUT2D eigenvalue weighted by molar-refractivity contribution is 5.92. The number of aliphatic hydroxyl groups excluding tert-OH is 1. The number of ether oxygens (including phenoxy) is 1. The quantitative estimate of drug-likeness (QED) is 0.669. The van der Waals surface area contributed by atoms with Crippen molar-refractivity contribution in [2.24, 2.45) is 28.6 Å². The summed E-state index contributed by atoms with van der Waals surface area (Å²) in [5.41, 5.74) is 1.10. The Hall–Kier alpha value is -0.830. The van der Waals surface area contributed by atoms with E-state index in [4.69, 9.17) is 4.74 Å². The van der Waals surface area contributed by atoms with Crippen LogP contribution in [-0.2, 0) is 9.53 Å². The first-order valence-corrected chi connectivity index (χ1v) is 7.07. The van der Waals surface area contributed by atoms with Crippen molar-refractivity contribution in [2.45, 2.75) is 45.8 Å². The van der Waals surface area contributed by atoms with Gasteiger partial charge in [-0.1, -0.05) is 19.9 Å². The van der Waals surface area contributed by atoms with E-state index in [0.717, 1.165) is 31.3 Å². The number of carbonyl (C=O) groups excluding carboxylic acids is 1. The van der Waals surface area contributed by atoms with E-state index in [-0.39, 0.29) is 22.7 Å². The molecule has 1 spiro atoms. The van der Waals surface area contributed by atoms with E-state index in [1.54, 1.807) is 0 Å². The summed E-state index contributed by atoms with van der Waals surface area (Å²) >= 11 is 0. The highest BCUT2D eigenvalue weighted by atomic mass is 16.6. The minimum Gasteiger partial charge on any atom is -0.432 e. The van der Waals surface area contributed by atoms with Crippen molar-refractivity contribution in [3.8, 4) is 0 Å². The number of fused-ring (bicyclic) bond motifs is 1. The van der Waals surface area contributed by atoms with Gasteiger partial charge >= 0.3 is 5.97 Å². The lowest BCUT2D eigenvalue weighted by Crippen LogP contribution is -2.48. The molecular weight excluding hydrogens is 228 g/mol. The van der Waals surface area contributed by atoms with Crippen LogP contribution in [0.1, 0.15) is 39.5 Å². The average molecular weight is 248 g/mol. The van der Waals surface area contributed by atoms with Crippen molar-refractivity contribution in [2.75, 3.05) is 0 Å². The molecule has 4 rings (SSSR count).